The lowest BCUT2D eigenvalue weighted by atomic mass is 10.8. The quantitative estimate of drug-likeness (QED) is 0.376. The van der Waals surface area contributed by atoms with Crippen LogP contribution in [0.4, 0.5) is 0 Å². The van der Waals surface area contributed by atoms with E-state index >= 15 is 0 Å². The van der Waals surface area contributed by atoms with Gasteiger partial charge in [0.15, 0.2) is 0 Å². The minimum atomic E-state index is -0.639. The number of carbonyl (C=O) groups is 2. The first-order valence-corrected chi connectivity index (χ1v) is 2.18. The van der Waals surface area contributed by atoms with Crippen LogP contribution in [-0.2, 0) is 19.4 Å². The van der Waals surface area contributed by atoms with Gasteiger partial charge in [-0.1, -0.05) is 0 Å². The lowest BCUT2D eigenvalue weighted by molar-refractivity contribution is -0.255. The van der Waals surface area contributed by atoms with E-state index in [1.54, 1.807) is 0 Å². The first kappa shape index (κ1) is 11.6. The Morgan fingerprint density at radius 3 is 1.30 bits per heavy atom. The summed E-state index contributed by atoms with van der Waals surface area (Å²) in [6.07, 6.45) is 0. The van der Waals surface area contributed by atoms with Crippen molar-refractivity contribution in [2.75, 3.05) is 0 Å². The van der Waals surface area contributed by atoms with Crippen LogP contribution in [-0.4, -0.2) is 22.5 Å². The molecule has 0 aliphatic heterocycles. The number of carbonyl (C=O) groups excluding carboxylic acids is 2. The van der Waals surface area contributed by atoms with Crippen molar-refractivity contribution >= 4 is 11.9 Å². The Hall–Kier alpha value is -1.14. The van der Waals surface area contributed by atoms with Crippen LogP contribution in [0.25, 0.3) is 0 Å². The third-order valence-electron chi connectivity index (χ3n) is 0.276. The minimum Gasteiger partial charge on any atom is -0.255 e. The fourth-order valence-electron chi connectivity index (χ4n) is 0.117. The molecule has 6 heteroatoms. The summed E-state index contributed by atoms with van der Waals surface area (Å²) >= 11 is 0. The molecule has 0 radical (unpaired) electrons. The molecule has 0 fully saturated rings. The summed E-state index contributed by atoms with van der Waals surface area (Å²) in [6.45, 7) is 2.28. The molecular formula is C4H8O6. The summed E-state index contributed by atoms with van der Waals surface area (Å²) in [4.78, 5) is 27.3. The molecule has 0 aromatic heterocycles. The Morgan fingerprint density at radius 1 is 1.00 bits per heavy atom. The molecule has 0 atom stereocenters. The molecule has 0 heterocycles. The Morgan fingerprint density at radius 2 is 1.20 bits per heavy atom. The molecule has 0 aromatic carbocycles. The van der Waals surface area contributed by atoms with Crippen molar-refractivity contribution in [2.45, 2.75) is 13.8 Å². The van der Waals surface area contributed by atoms with E-state index in [0.717, 1.165) is 13.8 Å². The van der Waals surface area contributed by atoms with Gasteiger partial charge in [-0.05, 0) is 0 Å². The molecule has 0 aromatic rings. The van der Waals surface area contributed by atoms with Crippen LogP contribution < -0.4 is 0 Å². The van der Waals surface area contributed by atoms with Crippen molar-refractivity contribution in [3.63, 3.8) is 0 Å². The van der Waals surface area contributed by atoms with Crippen LogP contribution in [0.2, 0.25) is 0 Å². The fraction of sp³-hybridized carbons (Fsp3) is 0.500. The standard InChI is InChI=1S/C4H6O4.H2O2/c1-3(5)7-8-4(2)6;1-2/h1-2H3;1-2H. The zero-order chi connectivity index (χ0) is 8.57. The van der Waals surface area contributed by atoms with Crippen LogP contribution >= 0.6 is 0 Å². The van der Waals surface area contributed by atoms with E-state index in [-0.39, 0.29) is 0 Å². The van der Waals surface area contributed by atoms with Crippen LogP contribution in [0.1, 0.15) is 13.8 Å². The van der Waals surface area contributed by atoms with Gasteiger partial charge < -0.3 is 0 Å². The van der Waals surface area contributed by atoms with Crippen molar-refractivity contribution in [1.29, 1.82) is 0 Å². The summed E-state index contributed by atoms with van der Waals surface area (Å²) < 4.78 is 0. The maximum atomic E-state index is 9.85. The molecule has 0 bridgehead atoms. The van der Waals surface area contributed by atoms with Gasteiger partial charge in [-0.15, -0.1) is 0 Å². The van der Waals surface area contributed by atoms with E-state index in [0.29, 0.717) is 0 Å². The summed E-state index contributed by atoms with van der Waals surface area (Å²) in [5, 5.41) is 12.0. The van der Waals surface area contributed by atoms with E-state index in [4.69, 9.17) is 10.5 Å². The predicted octanol–water partition coefficient (Wildman–Crippen LogP) is 0.0450. The van der Waals surface area contributed by atoms with Crippen LogP contribution in [0.15, 0.2) is 0 Å². The normalized spacial score (nSPS) is 6.80. The highest BCUT2D eigenvalue weighted by atomic mass is 17.2. The molecule has 0 unspecified atom stereocenters. The third-order valence-corrected chi connectivity index (χ3v) is 0.276. The summed E-state index contributed by atoms with van der Waals surface area (Å²) in [7, 11) is 0. The second kappa shape index (κ2) is 7.86. The Labute approximate surface area is 56.8 Å². The largest absolute Gasteiger partial charge is 0.352 e. The van der Waals surface area contributed by atoms with Gasteiger partial charge in [0.1, 0.15) is 0 Å². The van der Waals surface area contributed by atoms with Crippen molar-refractivity contribution in [3.05, 3.63) is 0 Å². The highest BCUT2D eigenvalue weighted by Crippen LogP contribution is 1.78. The summed E-state index contributed by atoms with van der Waals surface area (Å²) in [6, 6.07) is 0. The molecule has 0 saturated carbocycles. The molecule has 2 N–H and O–H groups in total. The first-order valence-electron chi connectivity index (χ1n) is 2.18. The number of rotatable bonds is 0. The predicted molar refractivity (Wildman–Crippen MR) is 28.8 cm³/mol. The highest BCUT2D eigenvalue weighted by Gasteiger charge is 1.95. The van der Waals surface area contributed by atoms with Crippen molar-refractivity contribution in [3.8, 4) is 0 Å². The molecule has 0 amide bonds. The molecule has 10 heavy (non-hydrogen) atoms. The Balaban J connectivity index is 0. The summed E-state index contributed by atoms with van der Waals surface area (Å²) in [5.74, 6) is -1.28. The second-order valence-corrected chi connectivity index (χ2v) is 1.15. The van der Waals surface area contributed by atoms with Gasteiger partial charge in [-0.2, -0.15) is 0 Å². The van der Waals surface area contributed by atoms with Crippen molar-refractivity contribution < 1.29 is 29.9 Å². The van der Waals surface area contributed by atoms with Gasteiger partial charge in [0.25, 0.3) is 0 Å². The van der Waals surface area contributed by atoms with Crippen LogP contribution in [0.5, 0.6) is 0 Å². The lowest BCUT2D eigenvalue weighted by Gasteiger charge is -1.93. The molecule has 0 rings (SSSR count). The topological polar surface area (TPSA) is 93.1 Å². The Bertz CT molecular complexity index is 94.3. The monoisotopic (exact) mass is 152 g/mol. The van der Waals surface area contributed by atoms with Crippen LogP contribution in [0, 0.1) is 0 Å². The van der Waals surface area contributed by atoms with Gasteiger partial charge in [0.05, 0.1) is 0 Å². The maximum Gasteiger partial charge on any atom is 0.352 e. The van der Waals surface area contributed by atoms with Gasteiger partial charge >= 0.3 is 11.9 Å². The smallest absolute Gasteiger partial charge is 0.255 e. The lowest BCUT2D eigenvalue weighted by Crippen LogP contribution is -2.03. The first-order chi connectivity index (χ1) is 4.63. The van der Waals surface area contributed by atoms with E-state index < -0.39 is 11.9 Å². The van der Waals surface area contributed by atoms with Crippen LogP contribution in [0.3, 0.4) is 0 Å². The molecule has 0 spiro atoms. The van der Waals surface area contributed by atoms with E-state index in [2.05, 4.69) is 9.78 Å². The van der Waals surface area contributed by atoms with Gasteiger partial charge in [-0.3, -0.25) is 10.5 Å². The van der Waals surface area contributed by atoms with Crippen molar-refractivity contribution in [1.82, 2.24) is 0 Å². The molecule has 0 saturated heterocycles. The fourth-order valence-corrected chi connectivity index (χ4v) is 0.117. The second-order valence-electron chi connectivity index (χ2n) is 1.15. The van der Waals surface area contributed by atoms with E-state index in [1.165, 1.54) is 0 Å². The molecule has 6 nitrogen and oxygen atoms in total. The molecular weight excluding hydrogens is 144 g/mol. The minimum absolute atomic E-state index is 0.639. The average molecular weight is 152 g/mol. The van der Waals surface area contributed by atoms with Gasteiger partial charge in [0.2, 0.25) is 0 Å². The zero-order valence-electron chi connectivity index (χ0n) is 5.53. The van der Waals surface area contributed by atoms with E-state index in [1.807, 2.05) is 0 Å². The third kappa shape index (κ3) is 15.8. The molecule has 60 valence electrons. The van der Waals surface area contributed by atoms with Gasteiger partial charge in [-0.25, -0.2) is 19.4 Å². The molecule has 0 aliphatic rings. The zero-order valence-corrected chi connectivity index (χ0v) is 5.53. The van der Waals surface area contributed by atoms with E-state index in [9.17, 15) is 9.59 Å². The Kier molecular flexibility index (Phi) is 9.14. The van der Waals surface area contributed by atoms with Crippen molar-refractivity contribution in [2.24, 2.45) is 0 Å². The maximum absolute atomic E-state index is 9.85. The summed E-state index contributed by atoms with van der Waals surface area (Å²) in [5.41, 5.74) is 0. The molecule has 0 aliphatic carbocycles. The average Bonchev–Trinajstić information content (AvgIpc) is 1.89. The number of hydrogen-bond donors (Lipinski definition) is 2. The number of hydrogen-bond acceptors (Lipinski definition) is 6. The highest BCUT2D eigenvalue weighted by molar-refractivity contribution is 5.69. The SMILES string of the molecule is CC(=O)OOC(C)=O.OO. The van der Waals surface area contributed by atoms with Gasteiger partial charge in [0, 0.05) is 13.8 Å².